The van der Waals surface area contributed by atoms with Crippen LogP contribution in [0.4, 0.5) is 4.39 Å². The van der Waals surface area contributed by atoms with Crippen molar-refractivity contribution in [3.8, 4) is 0 Å². The molecule has 2 atom stereocenters. The van der Waals surface area contributed by atoms with Crippen molar-refractivity contribution in [1.29, 1.82) is 0 Å². The molecule has 1 aliphatic carbocycles. The van der Waals surface area contributed by atoms with Gasteiger partial charge in [0.1, 0.15) is 11.9 Å². The average Bonchev–Trinajstić information content (AvgIpc) is 2.82. The molecule has 1 N–H and O–H groups in total. The van der Waals surface area contributed by atoms with Crippen LogP contribution in [0.25, 0.3) is 11.6 Å². The van der Waals surface area contributed by atoms with Crippen LogP contribution < -0.4 is 0 Å². The number of allylic oxidation sites excluding steroid dienone is 3. The molecular weight excluding hydrogens is 403 g/mol. The summed E-state index contributed by atoms with van der Waals surface area (Å²) in [5.74, 6) is -0.618. The van der Waals surface area contributed by atoms with Crippen LogP contribution >= 0.6 is 0 Å². The third-order valence-corrected chi connectivity index (χ3v) is 6.34. The molecule has 4 rings (SSSR count). The molecule has 2 aliphatic rings. The second-order valence-electron chi connectivity index (χ2n) is 9.32. The third-order valence-electron chi connectivity index (χ3n) is 6.34. The topological polar surface area (TPSA) is 46.5 Å². The number of carbonyl (C=O) groups is 1. The summed E-state index contributed by atoms with van der Waals surface area (Å²) in [4.78, 5) is 11.8. The Balaban J connectivity index is 1.94. The molecule has 3 nitrogen and oxygen atoms in total. The Bertz CT molecular complexity index is 1150. The number of hydrogen-bond acceptors (Lipinski definition) is 3. The molecule has 0 aromatic heterocycles. The smallest absolute Gasteiger partial charge is 0.309 e. The lowest BCUT2D eigenvalue weighted by molar-refractivity contribution is -0.156. The van der Waals surface area contributed by atoms with E-state index in [0.717, 1.165) is 27.8 Å². The summed E-state index contributed by atoms with van der Waals surface area (Å²) in [6.45, 7) is 8.15. The number of rotatable bonds is 3. The quantitative estimate of drug-likeness (QED) is 0.613. The van der Waals surface area contributed by atoms with Crippen LogP contribution in [0.1, 0.15) is 54.5 Å². The van der Waals surface area contributed by atoms with E-state index in [1.165, 1.54) is 11.6 Å². The van der Waals surface area contributed by atoms with Gasteiger partial charge in [-0.2, -0.15) is 0 Å². The summed E-state index contributed by atoms with van der Waals surface area (Å²) in [6, 6.07) is 11.4. The zero-order valence-corrected chi connectivity index (χ0v) is 19.0. The van der Waals surface area contributed by atoms with Crippen molar-refractivity contribution in [3.05, 3.63) is 93.8 Å². The fraction of sp³-hybridized carbons (Fsp3) is 0.321. The van der Waals surface area contributed by atoms with Crippen molar-refractivity contribution in [2.24, 2.45) is 5.41 Å². The first-order chi connectivity index (χ1) is 15.2. The second-order valence-corrected chi connectivity index (χ2v) is 9.32. The number of esters is 1. The molecule has 0 unspecified atom stereocenters. The van der Waals surface area contributed by atoms with Gasteiger partial charge in [0.05, 0.1) is 12.5 Å². The van der Waals surface area contributed by atoms with Crippen molar-refractivity contribution < 1.29 is 19.0 Å². The van der Waals surface area contributed by atoms with E-state index in [1.807, 2.05) is 30.4 Å². The summed E-state index contributed by atoms with van der Waals surface area (Å²) in [5.41, 5.74) is 6.65. The normalized spacial score (nSPS) is 22.6. The molecule has 0 spiro atoms. The van der Waals surface area contributed by atoms with Crippen LogP contribution in [0, 0.1) is 25.1 Å². The first-order valence-corrected chi connectivity index (χ1v) is 11.0. The van der Waals surface area contributed by atoms with Crippen LogP contribution in [0.15, 0.2) is 60.2 Å². The van der Waals surface area contributed by atoms with Gasteiger partial charge in [-0.25, -0.2) is 4.39 Å². The van der Waals surface area contributed by atoms with Gasteiger partial charge >= 0.3 is 5.97 Å². The van der Waals surface area contributed by atoms with Crippen LogP contribution in [-0.4, -0.2) is 23.3 Å². The molecule has 0 radical (unpaired) electrons. The molecule has 1 fully saturated rings. The first kappa shape index (κ1) is 22.2. The van der Waals surface area contributed by atoms with Crippen molar-refractivity contribution in [3.63, 3.8) is 0 Å². The Labute approximate surface area is 188 Å². The van der Waals surface area contributed by atoms with Crippen molar-refractivity contribution in [2.75, 3.05) is 0 Å². The van der Waals surface area contributed by atoms with Gasteiger partial charge in [-0.3, -0.25) is 4.79 Å². The number of aryl methyl sites for hydroxylation is 2. The summed E-state index contributed by atoms with van der Waals surface area (Å²) in [7, 11) is 0. The lowest BCUT2D eigenvalue weighted by Gasteiger charge is -2.27. The number of fused-ring (bicyclic) bond motifs is 1. The van der Waals surface area contributed by atoms with Crippen molar-refractivity contribution in [2.45, 2.75) is 52.7 Å². The largest absolute Gasteiger partial charge is 0.458 e. The minimum Gasteiger partial charge on any atom is -0.458 e. The molecule has 32 heavy (non-hydrogen) atoms. The maximum Gasteiger partial charge on any atom is 0.309 e. The van der Waals surface area contributed by atoms with Gasteiger partial charge in [0.25, 0.3) is 0 Å². The van der Waals surface area contributed by atoms with Gasteiger partial charge in [0, 0.05) is 11.8 Å². The molecule has 166 valence electrons. The van der Waals surface area contributed by atoms with Gasteiger partial charge in [0.15, 0.2) is 0 Å². The molecule has 0 saturated carbocycles. The number of halogens is 1. The fourth-order valence-electron chi connectivity index (χ4n) is 4.51. The van der Waals surface area contributed by atoms with Gasteiger partial charge in [-0.1, -0.05) is 56.3 Å². The zero-order chi connectivity index (χ0) is 23.0. The second kappa shape index (κ2) is 8.51. The number of ether oxygens (including phenoxy) is 1. The lowest BCUT2D eigenvalue weighted by Crippen LogP contribution is -2.31. The molecule has 0 bridgehead atoms. The Hall–Kier alpha value is -2.98. The number of carbonyl (C=O) groups excluding carboxylic acids is 1. The Morgan fingerprint density at radius 3 is 2.66 bits per heavy atom. The molecule has 2 aromatic carbocycles. The van der Waals surface area contributed by atoms with E-state index in [9.17, 15) is 14.3 Å². The predicted octanol–water partition coefficient (Wildman–Crippen LogP) is 5.92. The number of hydrogen-bond donors (Lipinski definition) is 1. The highest BCUT2D eigenvalue weighted by atomic mass is 19.1. The summed E-state index contributed by atoms with van der Waals surface area (Å²) < 4.78 is 19.5. The number of benzene rings is 2. The lowest BCUT2D eigenvalue weighted by atomic mass is 9.78. The van der Waals surface area contributed by atoms with E-state index in [1.54, 1.807) is 6.92 Å². The average molecular weight is 433 g/mol. The monoisotopic (exact) mass is 432 g/mol. The standard InChI is InChI=1S/C28H29FO3/c1-17-6-5-7-23-22(17)12-13-28(3,4)24(10-9-21-15-20(30)16-26(31)32-21)27(23)19-8-11-25(29)18(2)14-19/h5-14,20-21,30H,15-16H2,1-4H3/b10-9+/t20-,21-/m1/s1. The van der Waals surface area contributed by atoms with E-state index >= 15 is 0 Å². The Kier molecular flexibility index (Phi) is 5.91. The summed E-state index contributed by atoms with van der Waals surface area (Å²) in [5, 5.41) is 9.99. The van der Waals surface area contributed by atoms with E-state index in [-0.39, 0.29) is 23.6 Å². The molecule has 1 heterocycles. The zero-order valence-electron chi connectivity index (χ0n) is 19.0. The van der Waals surface area contributed by atoms with Crippen LogP contribution in [0.2, 0.25) is 0 Å². The Morgan fingerprint density at radius 1 is 1.16 bits per heavy atom. The molecule has 2 aromatic rings. The van der Waals surface area contributed by atoms with Gasteiger partial charge < -0.3 is 9.84 Å². The molecule has 0 amide bonds. The minimum absolute atomic E-state index is 0.0357. The number of aliphatic hydroxyl groups is 1. The maximum absolute atomic E-state index is 14.1. The third kappa shape index (κ3) is 4.33. The van der Waals surface area contributed by atoms with Crippen LogP contribution in [0.5, 0.6) is 0 Å². The molecule has 1 aliphatic heterocycles. The highest BCUT2D eigenvalue weighted by Gasteiger charge is 2.29. The highest BCUT2D eigenvalue weighted by Crippen LogP contribution is 2.44. The Morgan fingerprint density at radius 2 is 1.94 bits per heavy atom. The van der Waals surface area contributed by atoms with E-state index in [2.05, 4.69) is 45.1 Å². The first-order valence-electron chi connectivity index (χ1n) is 11.0. The number of aliphatic hydroxyl groups excluding tert-OH is 1. The molecular formula is C28H29FO3. The van der Waals surface area contributed by atoms with Gasteiger partial charge in [-0.05, 0) is 71.0 Å². The fourth-order valence-corrected chi connectivity index (χ4v) is 4.51. The number of cyclic esters (lactones) is 1. The summed E-state index contributed by atoms with van der Waals surface area (Å²) >= 11 is 0. The SMILES string of the molecule is Cc1cc(C2=C(/C=C/[C@@H]3C[C@@H](O)CC(=O)O3)C(C)(C)C=Cc3c(C)cccc32)ccc1F. The predicted molar refractivity (Wildman–Crippen MR) is 125 cm³/mol. The minimum atomic E-state index is -0.690. The van der Waals surface area contributed by atoms with Crippen LogP contribution in [0.3, 0.4) is 0 Å². The molecule has 4 heteroatoms. The highest BCUT2D eigenvalue weighted by molar-refractivity contribution is 5.90. The molecule has 1 saturated heterocycles. The maximum atomic E-state index is 14.1. The van der Waals surface area contributed by atoms with Crippen LogP contribution in [-0.2, 0) is 9.53 Å². The van der Waals surface area contributed by atoms with Crippen molar-refractivity contribution in [1.82, 2.24) is 0 Å². The van der Waals surface area contributed by atoms with E-state index in [4.69, 9.17) is 4.74 Å². The van der Waals surface area contributed by atoms with E-state index in [0.29, 0.717) is 12.0 Å². The van der Waals surface area contributed by atoms with Crippen molar-refractivity contribution >= 4 is 17.6 Å². The van der Waals surface area contributed by atoms with Gasteiger partial charge in [0.2, 0.25) is 0 Å². The van der Waals surface area contributed by atoms with Gasteiger partial charge in [-0.15, -0.1) is 0 Å². The van der Waals surface area contributed by atoms with E-state index < -0.39 is 12.2 Å². The summed E-state index contributed by atoms with van der Waals surface area (Å²) in [6.07, 6.45) is 7.46.